The van der Waals surface area contributed by atoms with Crippen LogP contribution in [0.5, 0.6) is 0 Å². The summed E-state index contributed by atoms with van der Waals surface area (Å²) in [6.45, 7) is 1.86. The molecule has 18 heavy (non-hydrogen) atoms. The standard InChI is InChI=1S/C13H20N2O2S/c1-10(11-6-8-12(14)9-7-11)15-18(16,17)13-4-2-3-5-13/h6-10,13,15H,2-5,14H2,1H3. The van der Waals surface area contributed by atoms with Crippen molar-refractivity contribution in [1.82, 2.24) is 4.72 Å². The molecular weight excluding hydrogens is 248 g/mol. The molecule has 0 aliphatic heterocycles. The van der Waals surface area contributed by atoms with Gasteiger partial charge in [0.1, 0.15) is 0 Å². The average molecular weight is 268 g/mol. The van der Waals surface area contributed by atoms with E-state index in [0.29, 0.717) is 5.69 Å². The lowest BCUT2D eigenvalue weighted by atomic mass is 10.1. The van der Waals surface area contributed by atoms with Crippen LogP contribution in [0.2, 0.25) is 0 Å². The SMILES string of the molecule is CC(NS(=O)(=O)C1CCCC1)c1ccc(N)cc1. The lowest BCUT2D eigenvalue weighted by molar-refractivity contribution is 0.550. The van der Waals surface area contributed by atoms with E-state index in [0.717, 1.165) is 31.2 Å². The summed E-state index contributed by atoms with van der Waals surface area (Å²) in [6.07, 6.45) is 3.59. The van der Waals surface area contributed by atoms with Crippen molar-refractivity contribution in [2.75, 3.05) is 5.73 Å². The van der Waals surface area contributed by atoms with Crippen molar-refractivity contribution in [3.8, 4) is 0 Å². The zero-order valence-electron chi connectivity index (χ0n) is 10.6. The van der Waals surface area contributed by atoms with Crippen LogP contribution in [-0.4, -0.2) is 13.7 Å². The summed E-state index contributed by atoms with van der Waals surface area (Å²) >= 11 is 0. The molecule has 2 rings (SSSR count). The number of nitrogen functional groups attached to an aromatic ring is 1. The maximum Gasteiger partial charge on any atom is 0.215 e. The van der Waals surface area contributed by atoms with Crippen molar-refractivity contribution in [3.63, 3.8) is 0 Å². The lowest BCUT2D eigenvalue weighted by Crippen LogP contribution is -2.34. The summed E-state index contributed by atoms with van der Waals surface area (Å²) in [4.78, 5) is 0. The van der Waals surface area contributed by atoms with E-state index in [1.807, 2.05) is 19.1 Å². The molecule has 0 aromatic heterocycles. The quantitative estimate of drug-likeness (QED) is 0.822. The Balaban J connectivity index is 2.06. The van der Waals surface area contributed by atoms with Crippen LogP contribution in [0.4, 0.5) is 5.69 Å². The van der Waals surface area contributed by atoms with Crippen molar-refractivity contribution in [3.05, 3.63) is 29.8 Å². The fraction of sp³-hybridized carbons (Fsp3) is 0.538. The molecule has 0 heterocycles. The van der Waals surface area contributed by atoms with Gasteiger partial charge in [-0.2, -0.15) is 0 Å². The molecule has 1 aliphatic carbocycles. The van der Waals surface area contributed by atoms with Crippen LogP contribution in [-0.2, 0) is 10.0 Å². The van der Waals surface area contributed by atoms with Crippen LogP contribution < -0.4 is 10.5 Å². The van der Waals surface area contributed by atoms with Gasteiger partial charge in [0, 0.05) is 11.7 Å². The highest BCUT2D eigenvalue weighted by atomic mass is 32.2. The Labute approximate surface area is 109 Å². The fourth-order valence-electron chi connectivity index (χ4n) is 2.39. The number of hydrogen-bond donors (Lipinski definition) is 2. The second-order valence-corrected chi connectivity index (χ2v) is 6.95. The Morgan fingerprint density at radius 3 is 2.33 bits per heavy atom. The molecule has 0 bridgehead atoms. The predicted molar refractivity (Wildman–Crippen MR) is 73.6 cm³/mol. The third-order valence-corrected chi connectivity index (χ3v) is 5.55. The van der Waals surface area contributed by atoms with Crippen molar-refractivity contribution >= 4 is 15.7 Å². The highest BCUT2D eigenvalue weighted by Crippen LogP contribution is 2.25. The Morgan fingerprint density at radius 2 is 1.78 bits per heavy atom. The van der Waals surface area contributed by atoms with Gasteiger partial charge < -0.3 is 5.73 Å². The van der Waals surface area contributed by atoms with E-state index >= 15 is 0 Å². The first-order chi connectivity index (χ1) is 8.49. The van der Waals surface area contributed by atoms with Crippen molar-refractivity contribution < 1.29 is 8.42 Å². The Kier molecular flexibility index (Phi) is 3.92. The highest BCUT2D eigenvalue weighted by molar-refractivity contribution is 7.90. The third kappa shape index (κ3) is 3.03. The minimum Gasteiger partial charge on any atom is -0.399 e. The van der Waals surface area contributed by atoms with Gasteiger partial charge in [0.05, 0.1) is 5.25 Å². The van der Waals surface area contributed by atoms with Gasteiger partial charge in [-0.15, -0.1) is 0 Å². The van der Waals surface area contributed by atoms with Crippen LogP contribution in [0.15, 0.2) is 24.3 Å². The van der Waals surface area contributed by atoms with Crippen molar-refractivity contribution in [1.29, 1.82) is 0 Å². The van der Waals surface area contributed by atoms with Crippen LogP contribution in [0.25, 0.3) is 0 Å². The molecule has 100 valence electrons. The molecule has 1 aromatic rings. The maximum atomic E-state index is 12.1. The van der Waals surface area contributed by atoms with Gasteiger partial charge in [0.2, 0.25) is 10.0 Å². The second-order valence-electron chi connectivity index (χ2n) is 4.96. The van der Waals surface area contributed by atoms with E-state index in [-0.39, 0.29) is 11.3 Å². The molecule has 1 atom stereocenters. The predicted octanol–water partition coefficient (Wildman–Crippen LogP) is 2.19. The van der Waals surface area contributed by atoms with Crippen LogP contribution in [0.3, 0.4) is 0 Å². The molecule has 5 heteroatoms. The van der Waals surface area contributed by atoms with E-state index in [1.54, 1.807) is 12.1 Å². The zero-order chi connectivity index (χ0) is 13.2. The van der Waals surface area contributed by atoms with E-state index in [4.69, 9.17) is 5.73 Å². The third-order valence-electron chi connectivity index (χ3n) is 3.52. The number of nitrogens with two attached hydrogens (primary N) is 1. The average Bonchev–Trinajstić information content (AvgIpc) is 2.83. The molecule has 0 saturated heterocycles. The number of nitrogens with one attached hydrogen (secondary N) is 1. The molecule has 1 saturated carbocycles. The number of sulfonamides is 1. The first kappa shape index (κ1) is 13.4. The highest BCUT2D eigenvalue weighted by Gasteiger charge is 2.29. The normalized spacial score (nSPS) is 18.9. The Bertz CT molecular complexity index is 490. The largest absolute Gasteiger partial charge is 0.399 e. The Hall–Kier alpha value is -1.07. The first-order valence-corrected chi connectivity index (χ1v) is 7.90. The summed E-state index contributed by atoms with van der Waals surface area (Å²) in [5.41, 5.74) is 7.24. The van der Waals surface area contributed by atoms with Gasteiger partial charge in [0.25, 0.3) is 0 Å². The summed E-state index contributed by atoms with van der Waals surface area (Å²) < 4.78 is 27.1. The Morgan fingerprint density at radius 1 is 1.22 bits per heavy atom. The fourth-order valence-corrected chi connectivity index (χ4v) is 4.17. The van der Waals surface area contributed by atoms with E-state index < -0.39 is 10.0 Å². The number of hydrogen-bond acceptors (Lipinski definition) is 3. The summed E-state index contributed by atoms with van der Waals surface area (Å²) in [7, 11) is -3.20. The van der Waals surface area contributed by atoms with Crippen LogP contribution in [0, 0.1) is 0 Å². The molecule has 0 radical (unpaired) electrons. The van der Waals surface area contributed by atoms with Gasteiger partial charge in [0.15, 0.2) is 0 Å². The van der Waals surface area contributed by atoms with Crippen molar-refractivity contribution in [2.45, 2.75) is 43.9 Å². The van der Waals surface area contributed by atoms with Gasteiger partial charge >= 0.3 is 0 Å². The molecule has 4 nitrogen and oxygen atoms in total. The topological polar surface area (TPSA) is 72.2 Å². The molecule has 0 amide bonds. The minimum absolute atomic E-state index is 0.212. The molecule has 1 aliphatic rings. The minimum atomic E-state index is -3.20. The second kappa shape index (κ2) is 5.28. The summed E-state index contributed by atoms with van der Waals surface area (Å²) in [6, 6.07) is 7.08. The van der Waals surface area contributed by atoms with Gasteiger partial charge in [-0.05, 0) is 37.5 Å². The zero-order valence-corrected chi connectivity index (χ0v) is 11.4. The van der Waals surface area contributed by atoms with Gasteiger partial charge in [-0.3, -0.25) is 0 Å². The number of anilines is 1. The van der Waals surface area contributed by atoms with Gasteiger partial charge in [-0.25, -0.2) is 13.1 Å². The molecule has 1 unspecified atom stereocenters. The van der Waals surface area contributed by atoms with Gasteiger partial charge in [-0.1, -0.05) is 25.0 Å². The summed E-state index contributed by atoms with van der Waals surface area (Å²) in [5, 5.41) is -0.214. The molecule has 1 fully saturated rings. The number of benzene rings is 1. The van der Waals surface area contributed by atoms with Crippen LogP contribution in [0.1, 0.15) is 44.2 Å². The molecular formula is C13H20N2O2S. The molecule has 1 aromatic carbocycles. The molecule has 0 spiro atoms. The lowest BCUT2D eigenvalue weighted by Gasteiger charge is -2.18. The monoisotopic (exact) mass is 268 g/mol. The number of rotatable bonds is 4. The smallest absolute Gasteiger partial charge is 0.215 e. The van der Waals surface area contributed by atoms with Crippen molar-refractivity contribution in [2.24, 2.45) is 0 Å². The first-order valence-electron chi connectivity index (χ1n) is 6.35. The maximum absolute atomic E-state index is 12.1. The van der Waals surface area contributed by atoms with Crippen LogP contribution >= 0.6 is 0 Å². The van der Waals surface area contributed by atoms with E-state index in [1.165, 1.54) is 0 Å². The molecule has 3 N–H and O–H groups in total. The van der Waals surface area contributed by atoms with E-state index in [2.05, 4.69) is 4.72 Å². The van der Waals surface area contributed by atoms with E-state index in [9.17, 15) is 8.42 Å². The summed E-state index contributed by atoms with van der Waals surface area (Å²) in [5.74, 6) is 0.